The van der Waals surface area contributed by atoms with Gasteiger partial charge in [0, 0.05) is 17.3 Å². The van der Waals surface area contributed by atoms with Gasteiger partial charge in [-0.3, -0.25) is 0 Å². The van der Waals surface area contributed by atoms with Crippen LogP contribution < -0.4 is 4.74 Å². The fourth-order valence-corrected chi connectivity index (χ4v) is 2.57. The Kier molecular flexibility index (Phi) is 5.19. The van der Waals surface area contributed by atoms with E-state index in [4.69, 9.17) is 9.47 Å². The first-order valence-electron chi connectivity index (χ1n) is 6.53. The quantitative estimate of drug-likeness (QED) is 0.915. The van der Waals surface area contributed by atoms with Crippen molar-refractivity contribution in [3.05, 3.63) is 28.0 Å². The third-order valence-electron chi connectivity index (χ3n) is 3.24. The summed E-state index contributed by atoms with van der Waals surface area (Å²) >= 11 is 3.26. The maximum absolute atomic E-state index is 14.0. The van der Waals surface area contributed by atoms with Gasteiger partial charge >= 0.3 is 0 Å². The predicted molar refractivity (Wildman–Crippen MR) is 73.8 cm³/mol. The zero-order valence-electron chi connectivity index (χ0n) is 10.9. The van der Waals surface area contributed by atoms with E-state index < -0.39 is 11.9 Å². The summed E-state index contributed by atoms with van der Waals surface area (Å²) in [5.41, 5.74) is 0.247. The Morgan fingerprint density at radius 1 is 1.47 bits per heavy atom. The van der Waals surface area contributed by atoms with Crippen molar-refractivity contribution in [2.75, 3.05) is 13.2 Å². The summed E-state index contributed by atoms with van der Waals surface area (Å²) in [6.07, 6.45) is 1.20. The molecule has 19 heavy (non-hydrogen) atoms. The van der Waals surface area contributed by atoms with Crippen LogP contribution in [0.25, 0.3) is 0 Å². The zero-order chi connectivity index (χ0) is 13.8. The first-order valence-corrected chi connectivity index (χ1v) is 7.32. The molecular formula is C14H18BrFO3. The van der Waals surface area contributed by atoms with Gasteiger partial charge in [-0.1, -0.05) is 22.9 Å². The number of rotatable bonds is 4. The molecule has 1 N–H and O–H groups in total. The van der Waals surface area contributed by atoms with Gasteiger partial charge in [0.1, 0.15) is 17.7 Å². The van der Waals surface area contributed by atoms with E-state index in [0.717, 1.165) is 12.8 Å². The second-order valence-electron chi connectivity index (χ2n) is 4.65. The SMILES string of the molecule is CCC(O)c1c(F)cc(Br)cc1OC1CCOCC1. The number of halogens is 2. The van der Waals surface area contributed by atoms with E-state index in [-0.39, 0.29) is 11.7 Å². The molecule has 5 heteroatoms. The molecule has 0 amide bonds. The van der Waals surface area contributed by atoms with E-state index in [9.17, 15) is 9.50 Å². The number of benzene rings is 1. The van der Waals surface area contributed by atoms with Crippen molar-refractivity contribution in [2.24, 2.45) is 0 Å². The maximum Gasteiger partial charge on any atom is 0.133 e. The summed E-state index contributed by atoms with van der Waals surface area (Å²) in [6.45, 7) is 3.13. The van der Waals surface area contributed by atoms with Crippen LogP contribution in [-0.2, 0) is 4.74 Å². The van der Waals surface area contributed by atoms with E-state index >= 15 is 0 Å². The summed E-state index contributed by atoms with van der Waals surface area (Å²) < 4.78 is 25.8. The molecule has 1 saturated heterocycles. The van der Waals surface area contributed by atoms with E-state index in [1.807, 2.05) is 6.92 Å². The van der Waals surface area contributed by atoms with Crippen LogP contribution >= 0.6 is 15.9 Å². The molecule has 3 nitrogen and oxygen atoms in total. The molecule has 0 aliphatic carbocycles. The Balaban J connectivity index is 2.26. The molecule has 0 saturated carbocycles. The molecule has 1 unspecified atom stereocenters. The van der Waals surface area contributed by atoms with E-state index in [1.165, 1.54) is 6.07 Å². The highest BCUT2D eigenvalue weighted by molar-refractivity contribution is 9.10. The Labute approximate surface area is 120 Å². The topological polar surface area (TPSA) is 38.7 Å². The summed E-state index contributed by atoms with van der Waals surface area (Å²) in [5.74, 6) is -0.0149. The van der Waals surface area contributed by atoms with Crippen molar-refractivity contribution in [1.29, 1.82) is 0 Å². The second kappa shape index (κ2) is 6.68. The Morgan fingerprint density at radius 2 is 2.16 bits per heavy atom. The van der Waals surface area contributed by atoms with Crippen molar-refractivity contribution in [3.8, 4) is 5.75 Å². The smallest absolute Gasteiger partial charge is 0.133 e. The van der Waals surface area contributed by atoms with Crippen LogP contribution in [0.5, 0.6) is 5.75 Å². The van der Waals surface area contributed by atoms with Gasteiger partial charge in [-0.15, -0.1) is 0 Å². The highest BCUT2D eigenvalue weighted by Crippen LogP contribution is 2.34. The van der Waals surface area contributed by atoms with E-state index in [2.05, 4.69) is 15.9 Å². The Morgan fingerprint density at radius 3 is 2.79 bits per heavy atom. The average molecular weight is 333 g/mol. The van der Waals surface area contributed by atoms with Crippen LogP contribution in [0.2, 0.25) is 0 Å². The number of aliphatic hydroxyl groups is 1. The van der Waals surface area contributed by atoms with E-state index in [1.54, 1.807) is 6.07 Å². The lowest BCUT2D eigenvalue weighted by molar-refractivity contribution is 0.0237. The number of hydrogen-bond acceptors (Lipinski definition) is 3. The standard InChI is InChI=1S/C14H18BrFO3/c1-2-12(17)14-11(16)7-9(15)8-13(14)19-10-3-5-18-6-4-10/h7-8,10,12,17H,2-6H2,1H3. The first kappa shape index (κ1) is 14.8. The normalized spacial score (nSPS) is 18.3. The van der Waals surface area contributed by atoms with E-state index in [0.29, 0.717) is 29.9 Å². The minimum Gasteiger partial charge on any atom is -0.490 e. The second-order valence-corrected chi connectivity index (χ2v) is 5.57. The fraction of sp³-hybridized carbons (Fsp3) is 0.571. The molecule has 0 radical (unpaired) electrons. The lowest BCUT2D eigenvalue weighted by atomic mass is 10.0. The molecule has 106 valence electrons. The van der Waals surface area contributed by atoms with Gasteiger partial charge in [0.2, 0.25) is 0 Å². The zero-order valence-corrected chi connectivity index (χ0v) is 12.5. The van der Waals surface area contributed by atoms with Gasteiger partial charge in [-0.2, -0.15) is 0 Å². The lowest BCUT2D eigenvalue weighted by Gasteiger charge is -2.25. The highest BCUT2D eigenvalue weighted by Gasteiger charge is 2.22. The van der Waals surface area contributed by atoms with Crippen molar-refractivity contribution in [2.45, 2.75) is 38.4 Å². The molecule has 0 spiro atoms. The van der Waals surface area contributed by atoms with Crippen molar-refractivity contribution >= 4 is 15.9 Å². The van der Waals surface area contributed by atoms with Crippen LogP contribution in [0.15, 0.2) is 16.6 Å². The molecule has 0 aromatic heterocycles. The van der Waals surface area contributed by atoms with Crippen LogP contribution in [0.3, 0.4) is 0 Å². The lowest BCUT2D eigenvalue weighted by Crippen LogP contribution is -2.26. The summed E-state index contributed by atoms with van der Waals surface area (Å²) in [6, 6.07) is 3.07. The molecule has 1 aromatic carbocycles. The fourth-order valence-electron chi connectivity index (χ4n) is 2.16. The molecule has 2 rings (SSSR count). The third-order valence-corrected chi connectivity index (χ3v) is 3.70. The van der Waals surface area contributed by atoms with Gasteiger partial charge in [0.15, 0.2) is 0 Å². The highest BCUT2D eigenvalue weighted by atomic mass is 79.9. The molecule has 1 heterocycles. The predicted octanol–water partition coefficient (Wildman–Crippen LogP) is 3.59. The number of hydrogen-bond donors (Lipinski definition) is 1. The van der Waals surface area contributed by atoms with Crippen molar-refractivity contribution in [1.82, 2.24) is 0 Å². The minimum absolute atomic E-state index is 0.0188. The summed E-state index contributed by atoms with van der Waals surface area (Å²) in [5, 5.41) is 9.95. The van der Waals surface area contributed by atoms with Gasteiger partial charge in [-0.05, 0) is 18.6 Å². The minimum atomic E-state index is -0.844. The monoisotopic (exact) mass is 332 g/mol. The molecule has 1 atom stereocenters. The van der Waals surface area contributed by atoms with Crippen molar-refractivity contribution < 1.29 is 19.0 Å². The molecule has 1 fully saturated rings. The first-order chi connectivity index (χ1) is 9.11. The van der Waals surface area contributed by atoms with Crippen molar-refractivity contribution in [3.63, 3.8) is 0 Å². The molecular weight excluding hydrogens is 315 g/mol. The van der Waals surface area contributed by atoms with Crippen LogP contribution in [-0.4, -0.2) is 24.4 Å². The summed E-state index contributed by atoms with van der Waals surface area (Å²) in [4.78, 5) is 0. The molecule has 1 aromatic rings. The Hall–Kier alpha value is -0.650. The van der Waals surface area contributed by atoms with Crippen LogP contribution in [0.1, 0.15) is 37.9 Å². The van der Waals surface area contributed by atoms with Gasteiger partial charge in [0.05, 0.1) is 24.9 Å². The molecule has 1 aliphatic heterocycles. The van der Waals surface area contributed by atoms with Crippen LogP contribution in [0, 0.1) is 5.82 Å². The third kappa shape index (κ3) is 3.68. The van der Waals surface area contributed by atoms with Crippen LogP contribution in [0.4, 0.5) is 4.39 Å². The van der Waals surface area contributed by atoms with Gasteiger partial charge in [0.25, 0.3) is 0 Å². The largest absolute Gasteiger partial charge is 0.490 e. The Bertz CT molecular complexity index is 433. The molecule has 0 bridgehead atoms. The number of aliphatic hydroxyl groups excluding tert-OH is 1. The average Bonchev–Trinajstić information content (AvgIpc) is 2.38. The molecule has 1 aliphatic rings. The van der Waals surface area contributed by atoms with Gasteiger partial charge in [-0.25, -0.2) is 4.39 Å². The van der Waals surface area contributed by atoms with Gasteiger partial charge < -0.3 is 14.6 Å². The number of ether oxygens (including phenoxy) is 2. The maximum atomic E-state index is 14.0. The summed E-state index contributed by atoms with van der Waals surface area (Å²) in [7, 11) is 0.